The molecular formula is C22H22O12. The minimum atomic E-state index is -1.83. The minimum absolute atomic E-state index is 0.0659. The van der Waals surface area contributed by atoms with E-state index in [1.165, 1.54) is 25.3 Å². The summed E-state index contributed by atoms with van der Waals surface area (Å²) in [5.41, 5.74) is -0.942. The van der Waals surface area contributed by atoms with Crippen LogP contribution in [0.15, 0.2) is 39.5 Å². The Kier molecular flexibility index (Phi) is 6.25. The summed E-state index contributed by atoms with van der Waals surface area (Å²) >= 11 is 0. The number of aliphatic hydroxyl groups excluding tert-OH is 4. The Morgan fingerprint density at radius 2 is 1.68 bits per heavy atom. The first-order chi connectivity index (χ1) is 16.2. The smallest absolute Gasteiger partial charge is 0.239 e. The van der Waals surface area contributed by atoms with Crippen molar-refractivity contribution >= 4 is 11.0 Å². The first-order valence-electron chi connectivity index (χ1n) is 10.0. The Bertz CT molecular complexity index is 1270. The van der Waals surface area contributed by atoms with Gasteiger partial charge in [-0.2, -0.15) is 0 Å². The van der Waals surface area contributed by atoms with Crippen molar-refractivity contribution in [2.75, 3.05) is 13.7 Å². The maximum Gasteiger partial charge on any atom is 0.239 e. The Morgan fingerprint density at radius 1 is 0.941 bits per heavy atom. The molecule has 1 aromatic heterocycles. The van der Waals surface area contributed by atoms with Crippen LogP contribution in [0.3, 0.4) is 0 Å². The second kappa shape index (κ2) is 9.00. The molecule has 0 radical (unpaired) electrons. The highest BCUT2D eigenvalue weighted by molar-refractivity contribution is 5.88. The van der Waals surface area contributed by atoms with Gasteiger partial charge >= 0.3 is 0 Å². The summed E-state index contributed by atoms with van der Waals surface area (Å²) in [4.78, 5) is 13.4. The van der Waals surface area contributed by atoms with E-state index in [0.29, 0.717) is 0 Å². The fourth-order valence-electron chi connectivity index (χ4n) is 3.62. The topological polar surface area (TPSA) is 200 Å². The molecule has 1 aliphatic heterocycles. The summed E-state index contributed by atoms with van der Waals surface area (Å²) in [7, 11) is 1.34. The third-order valence-electron chi connectivity index (χ3n) is 5.46. The number of rotatable bonds is 5. The quantitative estimate of drug-likeness (QED) is 0.238. The van der Waals surface area contributed by atoms with Gasteiger partial charge in [-0.25, -0.2) is 0 Å². The Balaban J connectivity index is 1.92. The van der Waals surface area contributed by atoms with Crippen molar-refractivity contribution in [1.82, 2.24) is 0 Å². The molecule has 0 saturated carbocycles. The van der Waals surface area contributed by atoms with Gasteiger partial charge in [0.2, 0.25) is 17.5 Å². The number of hydrogen-bond donors (Lipinski definition) is 7. The Morgan fingerprint density at radius 3 is 2.32 bits per heavy atom. The van der Waals surface area contributed by atoms with Crippen LogP contribution in [0.5, 0.6) is 28.7 Å². The van der Waals surface area contributed by atoms with Gasteiger partial charge in [-0.3, -0.25) is 4.79 Å². The van der Waals surface area contributed by atoms with Crippen molar-refractivity contribution in [3.63, 3.8) is 0 Å². The number of ether oxygens (including phenoxy) is 3. The molecule has 1 saturated heterocycles. The summed E-state index contributed by atoms with van der Waals surface area (Å²) in [6.45, 7) is -0.726. The van der Waals surface area contributed by atoms with Crippen molar-refractivity contribution in [3.8, 4) is 40.1 Å². The summed E-state index contributed by atoms with van der Waals surface area (Å²) in [5.74, 6) is -2.16. The van der Waals surface area contributed by atoms with Crippen LogP contribution in [-0.4, -0.2) is 80.2 Å². The second-order valence-electron chi connectivity index (χ2n) is 7.63. The lowest BCUT2D eigenvalue weighted by Gasteiger charge is -2.39. The predicted molar refractivity (Wildman–Crippen MR) is 114 cm³/mol. The molecule has 1 aliphatic rings. The molecule has 1 fully saturated rings. The van der Waals surface area contributed by atoms with E-state index < -0.39 is 65.7 Å². The third kappa shape index (κ3) is 3.97. The molecule has 3 aromatic rings. The molecule has 12 nitrogen and oxygen atoms in total. The van der Waals surface area contributed by atoms with E-state index in [1.807, 2.05) is 0 Å². The molecule has 2 aromatic carbocycles. The zero-order valence-electron chi connectivity index (χ0n) is 17.7. The molecule has 182 valence electrons. The summed E-state index contributed by atoms with van der Waals surface area (Å²) in [6.07, 6.45) is -8.31. The first-order valence-corrected chi connectivity index (χ1v) is 10.0. The number of phenols is 3. The molecule has 0 amide bonds. The van der Waals surface area contributed by atoms with Gasteiger partial charge in [0.05, 0.1) is 13.7 Å². The molecule has 0 bridgehead atoms. The van der Waals surface area contributed by atoms with Gasteiger partial charge in [0.1, 0.15) is 46.9 Å². The number of methoxy groups -OCH3 is 1. The van der Waals surface area contributed by atoms with Crippen molar-refractivity contribution < 1.29 is 54.4 Å². The fourth-order valence-corrected chi connectivity index (χ4v) is 3.62. The van der Waals surface area contributed by atoms with E-state index in [1.54, 1.807) is 0 Å². The number of phenolic OH excluding ortho intramolecular Hbond substituents is 3. The van der Waals surface area contributed by atoms with Crippen molar-refractivity contribution in [2.45, 2.75) is 30.7 Å². The average Bonchev–Trinajstić information content (AvgIpc) is 2.82. The summed E-state index contributed by atoms with van der Waals surface area (Å²) in [6, 6.07) is 6.02. The standard InChI is InChI=1S/C22H22O12/c1-31-9-5-12(26)15-13(6-9)32-20(8-2-3-10(24)11(25)4-8)21(17(15)28)34-22-19(30)18(29)16(27)14(7-23)33-22/h2-6,14,16,18-19,22-27,29-30H,7H2,1H3/t14-,16+,18-,19-,22-/m1/s1. The normalized spacial score (nSPS) is 24.8. The van der Waals surface area contributed by atoms with Gasteiger partial charge < -0.3 is 54.4 Å². The minimum Gasteiger partial charge on any atom is -0.507 e. The monoisotopic (exact) mass is 478 g/mol. The van der Waals surface area contributed by atoms with Crippen LogP contribution in [0.25, 0.3) is 22.3 Å². The molecule has 0 spiro atoms. The predicted octanol–water partition coefficient (Wildman–Crippen LogP) is -0.236. The molecular weight excluding hydrogens is 456 g/mol. The first kappa shape index (κ1) is 23.6. The van der Waals surface area contributed by atoms with Crippen molar-refractivity contribution in [1.29, 1.82) is 0 Å². The largest absolute Gasteiger partial charge is 0.507 e. The third-order valence-corrected chi connectivity index (χ3v) is 5.46. The molecule has 2 heterocycles. The fraction of sp³-hybridized carbons (Fsp3) is 0.318. The number of benzene rings is 2. The van der Waals surface area contributed by atoms with E-state index in [4.69, 9.17) is 18.6 Å². The van der Waals surface area contributed by atoms with Crippen LogP contribution in [0.4, 0.5) is 0 Å². The highest BCUT2D eigenvalue weighted by Crippen LogP contribution is 2.39. The lowest BCUT2D eigenvalue weighted by molar-refractivity contribution is -0.277. The second-order valence-corrected chi connectivity index (χ2v) is 7.63. The highest BCUT2D eigenvalue weighted by atomic mass is 16.7. The maximum absolute atomic E-state index is 13.4. The van der Waals surface area contributed by atoms with E-state index >= 15 is 0 Å². The van der Waals surface area contributed by atoms with Gasteiger partial charge in [-0.05, 0) is 18.2 Å². The van der Waals surface area contributed by atoms with Crippen LogP contribution in [0.1, 0.15) is 0 Å². The van der Waals surface area contributed by atoms with E-state index in [-0.39, 0.29) is 28.0 Å². The summed E-state index contributed by atoms with van der Waals surface area (Å²) < 4.78 is 21.8. The number of fused-ring (bicyclic) bond motifs is 1. The average molecular weight is 478 g/mol. The van der Waals surface area contributed by atoms with Gasteiger partial charge in [0, 0.05) is 17.7 Å². The maximum atomic E-state index is 13.4. The zero-order valence-corrected chi connectivity index (χ0v) is 17.7. The SMILES string of the molecule is COc1cc(O)c2c(=O)c(O[C@H]3O[C@H](CO)[C@H](O)[C@@H](O)[C@H]3O)c(-c3ccc(O)c(O)c3)oc2c1. The van der Waals surface area contributed by atoms with Gasteiger partial charge in [0.25, 0.3) is 0 Å². The Hall–Kier alpha value is -3.55. The van der Waals surface area contributed by atoms with E-state index in [9.17, 15) is 40.5 Å². The number of aliphatic hydroxyl groups is 4. The molecule has 0 unspecified atom stereocenters. The van der Waals surface area contributed by atoms with Crippen molar-refractivity contribution in [2.24, 2.45) is 0 Å². The zero-order chi connectivity index (χ0) is 24.7. The van der Waals surface area contributed by atoms with E-state index in [2.05, 4.69) is 0 Å². The van der Waals surface area contributed by atoms with Gasteiger partial charge in [0.15, 0.2) is 17.3 Å². The van der Waals surface area contributed by atoms with Gasteiger partial charge in [-0.15, -0.1) is 0 Å². The van der Waals surface area contributed by atoms with E-state index in [0.717, 1.165) is 12.1 Å². The number of aromatic hydroxyl groups is 3. The van der Waals surface area contributed by atoms with Crippen molar-refractivity contribution in [3.05, 3.63) is 40.6 Å². The Labute approximate surface area is 191 Å². The lowest BCUT2D eigenvalue weighted by atomic mass is 9.99. The molecule has 12 heteroatoms. The van der Waals surface area contributed by atoms with Crippen LogP contribution in [0, 0.1) is 0 Å². The lowest BCUT2D eigenvalue weighted by Crippen LogP contribution is -2.60. The molecule has 5 atom stereocenters. The van der Waals surface area contributed by atoms with Crippen LogP contribution >= 0.6 is 0 Å². The number of hydrogen-bond acceptors (Lipinski definition) is 12. The molecule has 34 heavy (non-hydrogen) atoms. The molecule has 4 rings (SSSR count). The highest BCUT2D eigenvalue weighted by Gasteiger charge is 2.45. The summed E-state index contributed by atoms with van der Waals surface area (Å²) in [5, 5.41) is 69.5. The molecule has 7 N–H and O–H groups in total. The van der Waals surface area contributed by atoms with Gasteiger partial charge in [-0.1, -0.05) is 0 Å². The van der Waals surface area contributed by atoms with Crippen LogP contribution in [-0.2, 0) is 4.74 Å². The molecule has 0 aliphatic carbocycles. The van der Waals surface area contributed by atoms with Crippen LogP contribution in [0.2, 0.25) is 0 Å². The van der Waals surface area contributed by atoms with Crippen LogP contribution < -0.4 is 14.9 Å².